The van der Waals surface area contributed by atoms with Crippen LogP contribution in [0, 0.1) is 5.92 Å². The number of rotatable bonds is 6. The van der Waals surface area contributed by atoms with Crippen LogP contribution in [0.3, 0.4) is 0 Å². The van der Waals surface area contributed by atoms with Gasteiger partial charge in [0.1, 0.15) is 0 Å². The topological polar surface area (TPSA) is 6.25 Å². The van der Waals surface area contributed by atoms with Crippen LogP contribution in [0.1, 0.15) is 46.0 Å². The van der Waals surface area contributed by atoms with Crippen LogP contribution in [0.25, 0.3) is 0 Å². The van der Waals surface area contributed by atoms with Crippen LogP contribution in [0.4, 0.5) is 0 Å². The van der Waals surface area contributed by atoms with Crippen molar-refractivity contribution in [3.8, 4) is 0 Å². The summed E-state index contributed by atoms with van der Waals surface area (Å²) in [6.45, 7) is 11.1. The molecule has 3 heteroatoms. The molecule has 17 heavy (non-hydrogen) atoms. The van der Waals surface area contributed by atoms with Crippen molar-refractivity contribution in [1.82, 2.24) is 4.90 Å². The molecule has 0 radical (unpaired) electrons. The van der Waals surface area contributed by atoms with E-state index in [2.05, 4.69) is 23.3 Å². The summed E-state index contributed by atoms with van der Waals surface area (Å²) < 4.78 is 2.65. The largest absolute Gasteiger partial charge is 1.00 e. The van der Waals surface area contributed by atoms with E-state index in [1.54, 1.807) is 5.71 Å². The molecule has 0 spiro atoms. The molecule has 1 saturated heterocycles. The van der Waals surface area contributed by atoms with Gasteiger partial charge in [-0.1, -0.05) is 26.7 Å². The van der Waals surface area contributed by atoms with Gasteiger partial charge in [-0.05, 0) is 18.8 Å². The summed E-state index contributed by atoms with van der Waals surface area (Å²) in [6, 6.07) is 0. The van der Waals surface area contributed by atoms with Gasteiger partial charge in [-0.3, -0.25) is 4.90 Å². The van der Waals surface area contributed by atoms with E-state index in [0.29, 0.717) is 0 Å². The van der Waals surface area contributed by atoms with Crippen molar-refractivity contribution in [3.05, 3.63) is 0 Å². The fourth-order valence-electron chi connectivity index (χ4n) is 3.11. The average molecular weight is 303 g/mol. The molecule has 3 aliphatic heterocycles. The predicted molar refractivity (Wildman–Crippen MR) is 69.4 cm³/mol. The molecule has 0 amide bonds. The van der Waals surface area contributed by atoms with Gasteiger partial charge in [0.2, 0.25) is 0 Å². The highest BCUT2D eigenvalue weighted by molar-refractivity contribution is 5.82. The van der Waals surface area contributed by atoms with Crippen LogP contribution in [0.5, 0.6) is 0 Å². The molecule has 0 N–H and O–H groups in total. The van der Waals surface area contributed by atoms with Gasteiger partial charge in [-0.15, -0.1) is 0 Å². The quantitative estimate of drug-likeness (QED) is 0.593. The highest BCUT2D eigenvalue weighted by Gasteiger charge is 2.30. The number of piperazine rings is 1. The lowest BCUT2D eigenvalue weighted by atomic mass is 9.95. The first kappa shape index (κ1) is 15.2. The zero-order valence-electron chi connectivity index (χ0n) is 11.4. The molecule has 3 rings (SSSR count). The van der Waals surface area contributed by atoms with Gasteiger partial charge in [0, 0.05) is 6.42 Å². The second kappa shape index (κ2) is 7.52. The molecule has 0 aromatic carbocycles. The summed E-state index contributed by atoms with van der Waals surface area (Å²) in [6.07, 6.45) is 6.92. The molecule has 0 aromatic heterocycles. The number of hydrogen-bond acceptors (Lipinski definition) is 1. The minimum atomic E-state index is 0. The van der Waals surface area contributed by atoms with Gasteiger partial charge in [0.05, 0.1) is 19.6 Å². The van der Waals surface area contributed by atoms with Crippen LogP contribution < -0.4 is 17.0 Å². The molecule has 0 saturated carbocycles. The zero-order valence-corrected chi connectivity index (χ0v) is 13.0. The Bertz CT molecular complexity index is 249. The highest BCUT2D eigenvalue weighted by atomic mass is 79.9. The minimum Gasteiger partial charge on any atom is -1.00 e. The van der Waals surface area contributed by atoms with Crippen LogP contribution >= 0.6 is 0 Å². The Morgan fingerprint density at radius 1 is 1.18 bits per heavy atom. The lowest BCUT2D eigenvalue weighted by molar-refractivity contribution is -0.551. The molecule has 2 nitrogen and oxygen atoms in total. The highest BCUT2D eigenvalue weighted by Crippen LogP contribution is 2.17. The van der Waals surface area contributed by atoms with Crippen molar-refractivity contribution in [3.63, 3.8) is 0 Å². The molecule has 3 heterocycles. The van der Waals surface area contributed by atoms with Crippen molar-refractivity contribution in [2.24, 2.45) is 5.92 Å². The fourth-order valence-corrected chi connectivity index (χ4v) is 3.11. The van der Waals surface area contributed by atoms with E-state index >= 15 is 0 Å². The summed E-state index contributed by atoms with van der Waals surface area (Å²) in [5, 5.41) is 0. The van der Waals surface area contributed by atoms with E-state index in [9.17, 15) is 0 Å². The SMILES string of the molecule is CCC(CC)CCCC1=[N+]2CCN(CC2)C1.[Br-]. The molecular formula is C14H27BrN2. The smallest absolute Gasteiger partial charge is 0.166 e. The number of halogens is 1. The van der Waals surface area contributed by atoms with E-state index in [4.69, 9.17) is 0 Å². The van der Waals surface area contributed by atoms with E-state index in [1.807, 2.05) is 0 Å². The summed E-state index contributed by atoms with van der Waals surface area (Å²) in [7, 11) is 0. The first-order chi connectivity index (χ1) is 7.83. The Kier molecular flexibility index (Phi) is 6.71. The molecule has 100 valence electrons. The lowest BCUT2D eigenvalue weighted by Crippen LogP contribution is -3.00. The third-order valence-corrected chi connectivity index (χ3v) is 4.46. The van der Waals surface area contributed by atoms with E-state index in [1.165, 1.54) is 64.8 Å². The summed E-state index contributed by atoms with van der Waals surface area (Å²) in [5.41, 5.74) is 1.73. The maximum Gasteiger partial charge on any atom is 0.166 e. The van der Waals surface area contributed by atoms with Crippen molar-refractivity contribution in [2.45, 2.75) is 46.0 Å². The maximum absolute atomic E-state index is 2.65. The Balaban J connectivity index is 0.00000144. The predicted octanol–water partition coefficient (Wildman–Crippen LogP) is -0.620. The van der Waals surface area contributed by atoms with Crippen LogP contribution in [-0.4, -0.2) is 47.9 Å². The molecule has 3 aliphatic rings. The molecule has 0 atom stereocenters. The van der Waals surface area contributed by atoms with Gasteiger partial charge in [-0.2, -0.15) is 0 Å². The first-order valence-corrected chi connectivity index (χ1v) is 7.15. The standard InChI is InChI=1S/C14H27N2.BrH/c1-3-13(4-2)6-5-7-14-12-15-8-10-16(14)11-9-15;/h13H,3-12H2,1-2H3;1H/q+1;/p-1. The van der Waals surface area contributed by atoms with Crippen molar-refractivity contribution in [2.75, 3.05) is 32.7 Å². The maximum atomic E-state index is 2.65. The van der Waals surface area contributed by atoms with Gasteiger partial charge in [0.25, 0.3) is 0 Å². The molecular weight excluding hydrogens is 276 g/mol. The van der Waals surface area contributed by atoms with E-state index in [-0.39, 0.29) is 17.0 Å². The monoisotopic (exact) mass is 302 g/mol. The third-order valence-electron chi connectivity index (χ3n) is 4.46. The lowest BCUT2D eigenvalue weighted by Gasteiger charge is -2.31. The second-order valence-electron chi connectivity index (χ2n) is 5.40. The number of hydrogen-bond donors (Lipinski definition) is 0. The van der Waals surface area contributed by atoms with Crippen molar-refractivity contribution in [1.29, 1.82) is 0 Å². The number of fused-ring (bicyclic) bond motifs is 3. The van der Waals surface area contributed by atoms with E-state index < -0.39 is 0 Å². The molecule has 1 fully saturated rings. The molecule has 0 unspecified atom stereocenters. The molecule has 2 bridgehead atoms. The molecule has 0 aromatic rings. The zero-order chi connectivity index (χ0) is 11.4. The summed E-state index contributed by atoms with van der Waals surface area (Å²) in [4.78, 5) is 2.62. The van der Waals surface area contributed by atoms with Gasteiger partial charge in [-0.25, -0.2) is 4.58 Å². The Morgan fingerprint density at radius 3 is 2.29 bits per heavy atom. The summed E-state index contributed by atoms with van der Waals surface area (Å²) >= 11 is 0. The summed E-state index contributed by atoms with van der Waals surface area (Å²) in [5.74, 6) is 0.969. The fraction of sp³-hybridized carbons (Fsp3) is 0.929. The third kappa shape index (κ3) is 4.06. The van der Waals surface area contributed by atoms with Crippen LogP contribution in [0.2, 0.25) is 0 Å². The second-order valence-corrected chi connectivity index (χ2v) is 5.40. The molecule has 0 aliphatic carbocycles. The normalized spacial score (nSPS) is 19.9. The average Bonchev–Trinajstić information content (AvgIpc) is 2.36. The van der Waals surface area contributed by atoms with E-state index in [0.717, 1.165) is 5.92 Å². The first-order valence-electron chi connectivity index (χ1n) is 7.15. The van der Waals surface area contributed by atoms with Gasteiger partial charge in [0.15, 0.2) is 18.8 Å². The minimum absolute atomic E-state index is 0. The van der Waals surface area contributed by atoms with Gasteiger partial charge >= 0.3 is 0 Å². The van der Waals surface area contributed by atoms with Crippen molar-refractivity contribution >= 4 is 5.71 Å². The van der Waals surface area contributed by atoms with Crippen molar-refractivity contribution < 1.29 is 21.6 Å². The number of nitrogens with zero attached hydrogens (tertiary/aromatic N) is 2. The van der Waals surface area contributed by atoms with Gasteiger partial charge < -0.3 is 17.0 Å². The Labute approximate surface area is 117 Å². The van der Waals surface area contributed by atoms with Crippen LogP contribution in [0.15, 0.2) is 0 Å². The Hall–Kier alpha value is 0.110. The van der Waals surface area contributed by atoms with Crippen LogP contribution in [-0.2, 0) is 0 Å². The Morgan fingerprint density at radius 2 is 1.82 bits per heavy atom.